The second-order valence-corrected chi connectivity index (χ2v) is 4.38. The van der Waals surface area contributed by atoms with E-state index in [2.05, 4.69) is 13.0 Å². The van der Waals surface area contributed by atoms with E-state index in [1.165, 1.54) is 44.9 Å². The molecule has 1 saturated carbocycles. The Morgan fingerprint density at radius 1 is 1.33 bits per heavy atom. The summed E-state index contributed by atoms with van der Waals surface area (Å²) in [7, 11) is 0. The summed E-state index contributed by atoms with van der Waals surface area (Å²) in [6, 6.07) is 0. The maximum absolute atomic E-state index is 2.54. The molecule has 0 aromatic rings. The van der Waals surface area contributed by atoms with E-state index < -0.39 is 0 Å². The lowest BCUT2D eigenvalue weighted by molar-refractivity contribution is 0.277. The molecule has 1 fully saturated rings. The lowest BCUT2D eigenvalue weighted by Gasteiger charge is -2.35. The molecule has 0 aromatic heterocycles. The van der Waals surface area contributed by atoms with Gasteiger partial charge in [-0.1, -0.05) is 31.4 Å². The topological polar surface area (TPSA) is 0 Å². The van der Waals surface area contributed by atoms with Crippen LogP contribution in [0.1, 0.15) is 51.9 Å². The number of hydrogen-bond acceptors (Lipinski definition) is 0. The monoisotopic (exact) mass is 164 g/mol. The lowest BCUT2D eigenvalue weighted by atomic mass is 9.70. The molecule has 0 N–H and O–H groups in total. The predicted molar refractivity (Wildman–Crippen MR) is 53.1 cm³/mol. The molecule has 0 radical (unpaired) electrons. The lowest BCUT2D eigenvalue weighted by Crippen LogP contribution is -2.22. The average Bonchev–Trinajstić information content (AvgIpc) is 2.17. The molecule has 2 atom stereocenters. The van der Waals surface area contributed by atoms with E-state index in [9.17, 15) is 0 Å². The summed E-state index contributed by atoms with van der Waals surface area (Å²) < 4.78 is 0. The standard InChI is InChI=1S/C12H20/c1-2-10-7-5-8-11-6-3-4-9-12(10)11/h8,10,12H,2-7,9H2,1H3. The van der Waals surface area contributed by atoms with Crippen LogP contribution in [0, 0.1) is 11.8 Å². The first-order valence-corrected chi connectivity index (χ1v) is 5.60. The summed E-state index contributed by atoms with van der Waals surface area (Å²) in [6.45, 7) is 2.36. The Balaban J connectivity index is 2.10. The summed E-state index contributed by atoms with van der Waals surface area (Å²) in [4.78, 5) is 0. The molecule has 2 aliphatic rings. The van der Waals surface area contributed by atoms with Crippen molar-refractivity contribution < 1.29 is 0 Å². The molecule has 2 aliphatic carbocycles. The minimum Gasteiger partial charge on any atom is -0.0850 e. The maximum atomic E-state index is 2.54. The van der Waals surface area contributed by atoms with Gasteiger partial charge in [-0.05, 0) is 43.9 Å². The molecule has 2 rings (SSSR count). The highest BCUT2D eigenvalue weighted by atomic mass is 14.3. The van der Waals surface area contributed by atoms with Gasteiger partial charge in [0.2, 0.25) is 0 Å². The van der Waals surface area contributed by atoms with Crippen molar-refractivity contribution in [3.8, 4) is 0 Å². The van der Waals surface area contributed by atoms with E-state index in [0.717, 1.165) is 11.8 Å². The summed E-state index contributed by atoms with van der Waals surface area (Å²) in [5.41, 5.74) is 1.82. The van der Waals surface area contributed by atoms with Crippen molar-refractivity contribution in [3.63, 3.8) is 0 Å². The van der Waals surface area contributed by atoms with Crippen LogP contribution < -0.4 is 0 Å². The molecular weight excluding hydrogens is 144 g/mol. The number of allylic oxidation sites excluding steroid dienone is 2. The van der Waals surface area contributed by atoms with E-state index in [4.69, 9.17) is 0 Å². The van der Waals surface area contributed by atoms with Gasteiger partial charge in [-0.15, -0.1) is 0 Å². The largest absolute Gasteiger partial charge is 0.0850 e. The second kappa shape index (κ2) is 3.64. The highest BCUT2D eigenvalue weighted by molar-refractivity contribution is 5.13. The number of fused-ring (bicyclic) bond motifs is 1. The van der Waals surface area contributed by atoms with E-state index in [1.807, 2.05) is 5.57 Å². The van der Waals surface area contributed by atoms with Crippen LogP contribution in [-0.4, -0.2) is 0 Å². The fraction of sp³-hybridized carbons (Fsp3) is 0.833. The summed E-state index contributed by atoms with van der Waals surface area (Å²) >= 11 is 0. The molecule has 0 amide bonds. The molecule has 0 spiro atoms. The first-order chi connectivity index (χ1) is 5.92. The molecule has 0 aromatic carbocycles. The molecular formula is C12H20. The highest BCUT2D eigenvalue weighted by Gasteiger charge is 2.27. The van der Waals surface area contributed by atoms with Crippen LogP contribution in [0.2, 0.25) is 0 Å². The Morgan fingerprint density at radius 2 is 2.25 bits per heavy atom. The van der Waals surface area contributed by atoms with E-state index in [1.54, 1.807) is 0 Å². The van der Waals surface area contributed by atoms with Crippen molar-refractivity contribution in [1.82, 2.24) is 0 Å². The number of rotatable bonds is 1. The van der Waals surface area contributed by atoms with Crippen molar-refractivity contribution in [2.24, 2.45) is 11.8 Å². The van der Waals surface area contributed by atoms with Crippen LogP contribution in [0.3, 0.4) is 0 Å². The van der Waals surface area contributed by atoms with Crippen LogP contribution in [0.15, 0.2) is 11.6 Å². The van der Waals surface area contributed by atoms with Gasteiger partial charge in [0.25, 0.3) is 0 Å². The van der Waals surface area contributed by atoms with E-state index >= 15 is 0 Å². The van der Waals surface area contributed by atoms with Gasteiger partial charge < -0.3 is 0 Å². The zero-order valence-corrected chi connectivity index (χ0v) is 8.18. The van der Waals surface area contributed by atoms with Crippen LogP contribution in [0.25, 0.3) is 0 Å². The molecule has 0 saturated heterocycles. The van der Waals surface area contributed by atoms with Gasteiger partial charge in [-0.3, -0.25) is 0 Å². The molecule has 0 aliphatic heterocycles. The Labute approximate surface area is 76.1 Å². The van der Waals surface area contributed by atoms with Crippen molar-refractivity contribution in [3.05, 3.63) is 11.6 Å². The third kappa shape index (κ3) is 1.44. The van der Waals surface area contributed by atoms with Crippen LogP contribution in [-0.2, 0) is 0 Å². The summed E-state index contributed by atoms with van der Waals surface area (Å²) in [6.07, 6.45) is 12.6. The molecule has 68 valence electrons. The maximum Gasteiger partial charge on any atom is -0.0175 e. The van der Waals surface area contributed by atoms with Gasteiger partial charge in [-0.2, -0.15) is 0 Å². The van der Waals surface area contributed by atoms with Crippen molar-refractivity contribution in [1.29, 1.82) is 0 Å². The molecule has 0 heterocycles. The summed E-state index contributed by atoms with van der Waals surface area (Å²) in [5, 5.41) is 0. The second-order valence-electron chi connectivity index (χ2n) is 4.38. The Kier molecular flexibility index (Phi) is 2.53. The van der Waals surface area contributed by atoms with Crippen LogP contribution >= 0.6 is 0 Å². The fourth-order valence-electron chi connectivity index (χ4n) is 3.03. The zero-order valence-electron chi connectivity index (χ0n) is 8.18. The van der Waals surface area contributed by atoms with Gasteiger partial charge in [-0.25, -0.2) is 0 Å². The Hall–Kier alpha value is -0.260. The smallest absolute Gasteiger partial charge is 0.0175 e. The van der Waals surface area contributed by atoms with Crippen molar-refractivity contribution in [2.45, 2.75) is 51.9 Å². The Morgan fingerprint density at radius 3 is 3.08 bits per heavy atom. The SMILES string of the molecule is CCC1CCC=C2CCCCC21. The first-order valence-electron chi connectivity index (χ1n) is 5.60. The summed E-state index contributed by atoms with van der Waals surface area (Å²) in [5.74, 6) is 2.03. The van der Waals surface area contributed by atoms with Crippen LogP contribution in [0.5, 0.6) is 0 Å². The minimum absolute atomic E-state index is 0.998. The molecule has 2 unspecified atom stereocenters. The third-order valence-electron chi connectivity index (χ3n) is 3.74. The molecule has 0 bridgehead atoms. The van der Waals surface area contributed by atoms with Gasteiger partial charge >= 0.3 is 0 Å². The van der Waals surface area contributed by atoms with Crippen LogP contribution in [0.4, 0.5) is 0 Å². The Bertz CT molecular complexity index is 178. The number of hydrogen-bond donors (Lipinski definition) is 0. The third-order valence-corrected chi connectivity index (χ3v) is 3.74. The quantitative estimate of drug-likeness (QED) is 0.515. The van der Waals surface area contributed by atoms with Gasteiger partial charge in [0, 0.05) is 0 Å². The zero-order chi connectivity index (χ0) is 8.39. The average molecular weight is 164 g/mol. The minimum atomic E-state index is 0.998. The van der Waals surface area contributed by atoms with Gasteiger partial charge in [0.15, 0.2) is 0 Å². The van der Waals surface area contributed by atoms with Gasteiger partial charge in [0.05, 0.1) is 0 Å². The van der Waals surface area contributed by atoms with E-state index in [-0.39, 0.29) is 0 Å². The highest BCUT2D eigenvalue weighted by Crippen LogP contribution is 2.41. The van der Waals surface area contributed by atoms with Crippen molar-refractivity contribution >= 4 is 0 Å². The molecule has 0 nitrogen and oxygen atoms in total. The fourth-order valence-corrected chi connectivity index (χ4v) is 3.03. The predicted octanol–water partition coefficient (Wildman–Crippen LogP) is 3.92. The normalized spacial score (nSPS) is 35.6. The molecule has 12 heavy (non-hydrogen) atoms. The first kappa shape index (κ1) is 8.34. The van der Waals surface area contributed by atoms with Crippen molar-refractivity contribution in [2.75, 3.05) is 0 Å². The molecule has 0 heteroatoms. The van der Waals surface area contributed by atoms with Gasteiger partial charge in [0.1, 0.15) is 0 Å². The van der Waals surface area contributed by atoms with E-state index in [0.29, 0.717) is 0 Å².